The molecule has 0 aliphatic carbocycles. The molecule has 0 saturated carbocycles. The SMILES string of the molecule is C#CCn1ccc2cc(Nc3nc(Nc4cccc(S(N)(=O)=O)c4)ncc3F)ccc21. The Balaban J connectivity index is 1.59. The first kappa shape index (κ1) is 20.3. The molecule has 4 N–H and O–H groups in total. The highest BCUT2D eigenvalue weighted by atomic mass is 32.2. The summed E-state index contributed by atoms with van der Waals surface area (Å²) in [6, 6.07) is 13.3. The van der Waals surface area contributed by atoms with Gasteiger partial charge in [0.15, 0.2) is 11.6 Å². The summed E-state index contributed by atoms with van der Waals surface area (Å²) in [7, 11) is -3.86. The maximum Gasteiger partial charge on any atom is 0.238 e. The monoisotopic (exact) mass is 436 g/mol. The Morgan fingerprint density at radius 1 is 1.13 bits per heavy atom. The number of halogens is 1. The maximum absolute atomic E-state index is 14.3. The molecule has 0 fully saturated rings. The number of nitrogens with one attached hydrogen (secondary N) is 2. The maximum atomic E-state index is 14.3. The van der Waals surface area contributed by atoms with Gasteiger partial charge in [-0.1, -0.05) is 12.0 Å². The fraction of sp³-hybridized carbons (Fsp3) is 0.0476. The molecule has 0 aliphatic heterocycles. The minimum atomic E-state index is -3.86. The largest absolute Gasteiger partial charge is 0.338 e. The number of fused-ring (bicyclic) bond motifs is 1. The van der Waals surface area contributed by atoms with Gasteiger partial charge in [-0.25, -0.2) is 22.9 Å². The Bertz CT molecular complexity index is 1430. The quantitative estimate of drug-likeness (QED) is 0.400. The molecule has 0 radical (unpaired) electrons. The molecule has 10 heteroatoms. The second kappa shape index (κ2) is 8.06. The van der Waals surface area contributed by atoms with E-state index >= 15 is 0 Å². The molecule has 2 aromatic heterocycles. The summed E-state index contributed by atoms with van der Waals surface area (Å²) in [4.78, 5) is 7.98. The van der Waals surface area contributed by atoms with Gasteiger partial charge in [-0.05, 0) is 42.5 Å². The fourth-order valence-corrected chi connectivity index (χ4v) is 3.61. The van der Waals surface area contributed by atoms with E-state index in [4.69, 9.17) is 11.6 Å². The van der Waals surface area contributed by atoms with Crippen LogP contribution in [0, 0.1) is 18.2 Å². The summed E-state index contributed by atoms with van der Waals surface area (Å²) < 4.78 is 39.3. The van der Waals surface area contributed by atoms with E-state index in [0.717, 1.165) is 17.1 Å². The molecule has 0 aliphatic rings. The molecule has 0 spiro atoms. The van der Waals surface area contributed by atoms with Crippen molar-refractivity contribution >= 4 is 44.1 Å². The van der Waals surface area contributed by atoms with Gasteiger partial charge in [0.05, 0.1) is 17.6 Å². The van der Waals surface area contributed by atoms with Crippen molar-refractivity contribution in [3.05, 3.63) is 66.7 Å². The first-order chi connectivity index (χ1) is 14.8. The summed E-state index contributed by atoms with van der Waals surface area (Å²) in [6.07, 6.45) is 8.28. The van der Waals surface area contributed by atoms with Crippen molar-refractivity contribution in [1.82, 2.24) is 14.5 Å². The minimum Gasteiger partial charge on any atom is -0.338 e. The number of benzene rings is 2. The molecule has 0 atom stereocenters. The molecule has 2 heterocycles. The molecule has 4 rings (SSSR count). The van der Waals surface area contributed by atoms with Crippen LogP contribution >= 0.6 is 0 Å². The zero-order chi connectivity index (χ0) is 22.0. The van der Waals surface area contributed by atoms with Crippen LogP contribution in [-0.4, -0.2) is 23.0 Å². The highest BCUT2D eigenvalue weighted by Gasteiger charge is 2.11. The summed E-state index contributed by atoms with van der Waals surface area (Å²) in [5.41, 5.74) is 1.98. The van der Waals surface area contributed by atoms with Crippen LogP contribution in [0.3, 0.4) is 0 Å². The Morgan fingerprint density at radius 3 is 2.71 bits per heavy atom. The number of primary sulfonamides is 1. The number of hydrogen-bond acceptors (Lipinski definition) is 6. The number of rotatable bonds is 6. The van der Waals surface area contributed by atoms with Crippen molar-refractivity contribution in [3.8, 4) is 12.3 Å². The van der Waals surface area contributed by atoms with Gasteiger partial charge in [0.1, 0.15) is 0 Å². The average molecular weight is 436 g/mol. The van der Waals surface area contributed by atoms with Crippen LogP contribution in [-0.2, 0) is 16.6 Å². The molecule has 2 aromatic carbocycles. The van der Waals surface area contributed by atoms with E-state index in [1.54, 1.807) is 12.1 Å². The molecular formula is C21H17FN6O2S. The van der Waals surface area contributed by atoms with Crippen LogP contribution in [0.2, 0.25) is 0 Å². The third-order valence-electron chi connectivity index (χ3n) is 4.46. The second-order valence-corrected chi connectivity index (χ2v) is 8.20. The Morgan fingerprint density at radius 2 is 1.94 bits per heavy atom. The van der Waals surface area contributed by atoms with Gasteiger partial charge in [0.2, 0.25) is 16.0 Å². The predicted molar refractivity (Wildman–Crippen MR) is 117 cm³/mol. The zero-order valence-electron chi connectivity index (χ0n) is 16.1. The van der Waals surface area contributed by atoms with Crippen LogP contribution in [0.25, 0.3) is 10.9 Å². The Labute approximate surface area is 178 Å². The van der Waals surface area contributed by atoms with Crippen molar-refractivity contribution in [2.45, 2.75) is 11.4 Å². The summed E-state index contributed by atoms with van der Waals surface area (Å²) >= 11 is 0. The van der Waals surface area contributed by atoms with Crippen LogP contribution in [0.1, 0.15) is 0 Å². The first-order valence-electron chi connectivity index (χ1n) is 9.05. The lowest BCUT2D eigenvalue weighted by atomic mass is 10.2. The molecule has 156 valence electrons. The van der Waals surface area contributed by atoms with E-state index in [1.165, 1.54) is 18.2 Å². The van der Waals surface area contributed by atoms with E-state index in [2.05, 4.69) is 26.5 Å². The molecule has 4 aromatic rings. The lowest BCUT2D eigenvalue weighted by Crippen LogP contribution is -2.12. The van der Waals surface area contributed by atoms with E-state index in [-0.39, 0.29) is 16.7 Å². The standard InChI is InChI=1S/C21H17FN6O2S/c1-2-9-28-10-8-14-11-16(6-7-19(14)28)25-20-18(22)13-24-21(27-20)26-15-4-3-5-17(12-15)31(23,29)30/h1,3-8,10-13H,9H2,(H2,23,29,30)(H2,24,25,26,27). The Kier molecular flexibility index (Phi) is 5.29. The molecular weight excluding hydrogens is 419 g/mol. The molecule has 31 heavy (non-hydrogen) atoms. The number of aromatic nitrogens is 3. The van der Waals surface area contributed by atoms with Crippen molar-refractivity contribution in [3.63, 3.8) is 0 Å². The lowest BCUT2D eigenvalue weighted by Gasteiger charge is -2.10. The number of sulfonamides is 1. The van der Waals surface area contributed by atoms with Crippen molar-refractivity contribution < 1.29 is 12.8 Å². The van der Waals surface area contributed by atoms with E-state index in [9.17, 15) is 12.8 Å². The van der Waals surface area contributed by atoms with E-state index in [0.29, 0.717) is 17.9 Å². The third kappa shape index (κ3) is 4.48. The summed E-state index contributed by atoms with van der Waals surface area (Å²) in [5, 5.41) is 11.9. The van der Waals surface area contributed by atoms with Crippen molar-refractivity contribution in [2.24, 2.45) is 5.14 Å². The van der Waals surface area contributed by atoms with Gasteiger partial charge in [-0.2, -0.15) is 4.98 Å². The van der Waals surface area contributed by atoms with E-state index in [1.807, 2.05) is 29.0 Å². The highest BCUT2D eigenvalue weighted by Crippen LogP contribution is 2.25. The Hall–Kier alpha value is -3.94. The van der Waals surface area contributed by atoms with E-state index < -0.39 is 15.8 Å². The van der Waals surface area contributed by atoms with Gasteiger partial charge < -0.3 is 15.2 Å². The fourth-order valence-electron chi connectivity index (χ4n) is 3.05. The molecule has 0 saturated heterocycles. The molecule has 8 nitrogen and oxygen atoms in total. The van der Waals surface area contributed by atoms with Crippen molar-refractivity contribution in [1.29, 1.82) is 0 Å². The molecule has 0 unspecified atom stereocenters. The van der Waals surface area contributed by atoms with Gasteiger partial charge in [-0.3, -0.25) is 0 Å². The average Bonchev–Trinajstić information content (AvgIpc) is 3.12. The number of nitrogens with two attached hydrogens (primary N) is 1. The van der Waals surface area contributed by atoms with Gasteiger partial charge >= 0.3 is 0 Å². The van der Waals surface area contributed by atoms with Crippen LogP contribution < -0.4 is 15.8 Å². The van der Waals surface area contributed by atoms with Crippen LogP contribution in [0.15, 0.2) is 65.8 Å². The normalized spacial score (nSPS) is 11.3. The molecule has 0 amide bonds. The predicted octanol–water partition coefficient (Wildman–Crippen LogP) is 3.34. The summed E-state index contributed by atoms with van der Waals surface area (Å²) in [6.45, 7) is 0.457. The molecule has 0 bridgehead atoms. The lowest BCUT2D eigenvalue weighted by molar-refractivity contribution is 0.598. The van der Waals surface area contributed by atoms with Crippen LogP contribution in [0.5, 0.6) is 0 Å². The smallest absolute Gasteiger partial charge is 0.238 e. The number of hydrogen-bond donors (Lipinski definition) is 3. The zero-order valence-corrected chi connectivity index (χ0v) is 16.9. The highest BCUT2D eigenvalue weighted by molar-refractivity contribution is 7.89. The third-order valence-corrected chi connectivity index (χ3v) is 5.37. The second-order valence-electron chi connectivity index (χ2n) is 6.63. The van der Waals surface area contributed by atoms with Gasteiger partial charge in [-0.15, -0.1) is 6.42 Å². The van der Waals surface area contributed by atoms with Crippen molar-refractivity contribution in [2.75, 3.05) is 10.6 Å². The minimum absolute atomic E-state index is 0.0393. The number of terminal acetylenes is 1. The van der Waals surface area contributed by atoms with Gasteiger partial charge in [0.25, 0.3) is 0 Å². The number of nitrogens with zero attached hydrogens (tertiary/aromatic N) is 3. The summed E-state index contributed by atoms with van der Waals surface area (Å²) in [5.74, 6) is 1.99. The number of anilines is 4. The topological polar surface area (TPSA) is 115 Å². The first-order valence-corrected chi connectivity index (χ1v) is 10.6. The van der Waals surface area contributed by atoms with Gasteiger partial charge in [0, 0.05) is 28.5 Å². The van der Waals surface area contributed by atoms with Crippen LogP contribution in [0.4, 0.5) is 27.5 Å².